The summed E-state index contributed by atoms with van der Waals surface area (Å²) in [7, 11) is -11.0. The Hall–Kier alpha value is -0.970. The minimum atomic E-state index is -3.89. The molecule has 134 valence electrons. The number of sulfonamides is 1. The van der Waals surface area contributed by atoms with Crippen LogP contribution in [-0.4, -0.2) is 48.1 Å². The fraction of sp³-hybridized carbons (Fsp3) is 0.571. The largest absolute Gasteiger partial charge is 0.241 e. The highest BCUT2D eigenvalue weighted by atomic mass is 32.2. The minimum absolute atomic E-state index is 0.0426. The third-order valence-electron chi connectivity index (χ3n) is 4.31. The van der Waals surface area contributed by atoms with Crippen molar-refractivity contribution in [1.82, 2.24) is 4.72 Å². The molecule has 1 saturated carbocycles. The van der Waals surface area contributed by atoms with Gasteiger partial charge < -0.3 is 0 Å². The van der Waals surface area contributed by atoms with Gasteiger partial charge in [0.25, 0.3) is 0 Å². The lowest BCUT2D eigenvalue weighted by atomic mass is 10.2. The average Bonchev–Trinajstić information content (AvgIpc) is 3.18. The van der Waals surface area contributed by atoms with Crippen molar-refractivity contribution in [2.75, 3.05) is 11.5 Å². The van der Waals surface area contributed by atoms with Crippen molar-refractivity contribution in [2.45, 2.75) is 47.3 Å². The van der Waals surface area contributed by atoms with Crippen LogP contribution in [-0.2, 0) is 29.7 Å². The maximum Gasteiger partial charge on any atom is 0.241 e. The second-order valence-corrected chi connectivity index (χ2v) is 12.5. The van der Waals surface area contributed by atoms with Crippen molar-refractivity contribution in [3.8, 4) is 0 Å². The van der Waals surface area contributed by atoms with E-state index in [0.717, 1.165) is 18.9 Å². The van der Waals surface area contributed by atoms with Crippen LogP contribution >= 0.6 is 0 Å². The van der Waals surface area contributed by atoms with Crippen LogP contribution < -0.4 is 4.72 Å². The molecule has 1 saturated heterocycles. The summed E-state index contributed by atoms with van der Waals surface area (Å²) >= 11 is 0. The lowest BCUT2D eigenvalue weighted by Gasteiger charge is -2.14. The number of sulfone groups is 2. The van der Waals surface area contributed by atoms with Crippen molar-refractivity contribution in [3.05, 3.63) is 23.8 Å². The fourth-order valence-corrected chi connectivity index (χ4v) is 8.76. The molecule has 1 aromatic rings. The zero-order valence-electron chi connectivity index (χ0n) is 13.1. The zero-order valence-corrected chi connectivity index (χ0v) is 15.5. The van der Waals surface area contributed by atoms with E-state index in [0.29, 0.717) is 5.56 Å². The Bertz CT molecular complexity index is 975. The molecule has 1 aromatic carbocycles. The van der Waals surface area contributed by atoms with Gasteiger partial charge in [0.05, 0.1) is 26.5 Å². The molecule has 0 amide bonds. The van der Waals surface area contributed by atoms with Crippen LogP contribution in [0.25, 0.3) is 0 Å². The van der Waals surface area contributed by atoms with Gasteiger partial charge in [-0.25, -0.2) is 30.0 Å². The smallest absolute Gasteiger partial charge is 0.229 e. The predicted molar refractivity (Wildman–Crippen MR) is 88.8 cm³/mol. The molecule has 3 rings (SSSR count). The highest BCUT2D eigenvalue weighted by molar-refractivity contribution is 7.96. The second-order valence-electron chi connectivity index (χ2n) is 6.39. The molecule has 2 fully saturated rings. The molecule has 1 heterocycles. The molecule has 0 spiro atoms. The summed E-state index contributed by atoms with van der Waals surface area (Å²) in [6.45, 7) is 1.60. The number of hydrogen-bond acceptors (Lipinski definition) is 6. The third kappa shape index (κ3) is 3.51. The standard InChI is InChI=1S/C14H19NO6S3/c1-10-2-5-12(8-14(10)24(20,21)15-11-3-4-11)23(18,19)13-6-7-22(16,17)9-13/h2,5,8,11,13,15H,3-4,6-7,9H2,1H3. The normalized spacial score (nSPS) is 24.1. The lowest BCUT2D eigenvalue weighted by Crippen LogP contribution is -2.27. The molecule has 0 bridgehead atoms. The Morgan fingerprint density at radius 1 is 1.08 bits per heavy atom. The molecule has 1 aliphatic carbocycles. The van der Waals surface area contributed by atoms with E-state index >= 15 is 0 Å². The highest BCUT2D eigenvalue weighted by Crippen LogP contribution is 2.29. The van der Waals surface area contributed by atoms with E-state index in [9.17, 15) is 25.3 Å². The van der Waals surface area contributed by atoms with Crippen molar-refractivity contribution in [3.63, 3.8) is 0 Å². The molecule has 1 N–H and O–H groups in total. The Morgan fingerprint density at radius 2 is 1.75 bits per heavy atom. The molecule has 2 aliphatic rings. The molecule has 1 aliphatic heterocycles. The van der Waals surface area contributed by atoms with Gasteiger partial charge in [-0.2, -0.15) is 0 Å². The highest BCUT2D eigenvalue weighted by Gasteiger charge is 2.38. The van der Waals surface area contributed by atoms with Crippen LogP contribution in [0, 0.1) is 6.92 Å². The third-order valence-corrected chi connectivity index (χ3v) is 10.1. The second kappa shape index (κ2) is 5.79. The van der Waals surface area contributed by atoms with Gasteiger partial charge in [0.1, 0.15) is 0 Å². The van der Waals surface area contributed by atoms with Crippen LogP contribution in [0.15, 0.2) is 28.0 Å². The molecule has 24 heavy (non-hydrogen) atoms. The SMILES string of the molecule is Cc1ccc(S(=O)(=O)C2CCS(=O)(=O)C2)cc1S(=O)(=O)NC1CC1. The van der Waals surface area contributed by atoms with Crippen LogP contribution in [0.2, 0.25) is 0 Å². The van der Waals surface area contributed by atoms with Crippen LogP contribution in [0.5, 0.6) is 0 Å². The predicted octanol–water partition coefficient (Wildman–Crippen LogP) is 0.397. The van der Waals surface area contributed by atoms with Gasteiger partial charge in [0.2, 0.25) is 10.0 Å². The Labute approximate surface area is 142 Å². The molecule has 1 atom stereocenters. The maximum atomic E-state index is 12.7. The molecule has 1 unspecified atom stereocenters. The first kappa shape index (κ1) is 17.8. The fourth-order valence-electron chi connectivity index (χ4n) is 2.73. The Morgan fingerprint density at radius 3 is 2.29 bits per heavy atom. The van der Waals surface area contributed by atoms with Gasteiger partial charge in [0.15, 0.2) is 19.7 Å². The minimum Gasteiger partial charge on any atom is -0.229 e. The average molecular weight is 394 g/mol. The van der Waals surface area contributed by atoms with Crippen molar-refractivity contribution in [1.29, 1.82) is 0 Å². The van der Waals surface area contributed by atoms with E-state index in [1.54, 1.807) is 6.92 Å². The molecule has 7 nitrogen and oxygen atoms in total. The number of nitrogens with one attached hydrogen (secondary N) is 1. The summed E-state index contributed by atoms with van der Waals surface area (Å²) in [5, 5.41) is -1.02. The Balaban J connectivity index is 1.99. The van der Waals surface area contributed by atoms with Crippen molar-refractivity contribution in [2.24, 2.45) is 0 Å². The van der Waals surface area contributed by atoms with Crippen LogP contribution in [0.3, 0.4) is 0 Å². The monoisotopic (exact) mass is 393 g/mol. The van der Waals surface area contributed by atoms with E-state index in [1.807, 2.05) is 0 Å². The number of rotatable bonds is 5. The Kier molecular flexibility index (Phi) is 4.30. The summed E-state index contributed by atoms with van der Waals surface area (Å²) in [6, 6.07) is 3.83. The number of benzene rings is 1. The topological polar surface area (TPSA) is 114 Å². The number of hydrogen-bond donors (Lipinski definition) is 1. The van der Waals surface area contributed by atoms with Crippen LogP contribution in [0.4, 0.5) is 0 Å². The first-order valence-electron chi connectivity index (χ1n) is 7.59. The van der Waals surface area contributed by atoms with Gasteiger partial charge in [-0.05, 0) is 43.9 Å². The quantitative estimate of drug-likeness (QED) is 0.774. The van der Waals surface area contributed by atoms with E-state index in [-0.39, 0.29) is 28.0 Å². The molecular weight excluding hydrogens is 374 g/mol. The van der Waals surface area contributed by atoms with Gasteiger partial charge in [-0.3, -0.25) is 0 Å². The van der Waals surface area contributed by atoms with Gasteiger partial charge in [0, 0.05) is 6.04 Å². The van der Waals surface area contributed by atoms with Crippen LogP contribution in [0.1, 0.15) is 24.8 Å². The summed E-state index contributed by atoms with van der Waals surface area (Å²) in [4.78, 5) is -0.220. The first-order valence-corrected chi connectivity index (χ1v) is 12.4. The molecular formula is C14H19NO6S3. The van der Waals surface area contributed by atoms with E-state index < -0.39 is 40.7 Å². The first-order chi connectivity index (χ1) is 11.0. The lowest BCUT2D eigenvalue weighted by molar-refractivity contribution is 0.578. The van der Waals surface area contributed by atoms with E-state index in [2.05, 4.69) is 4.72 Å². The summed E-state index contributed by atoms with van der Waals surface area (Å²) < 4.78 is 75.8. The van der Waals surface area contributed by atoms with Gasteiger partial charge >= 0.3 is 0 Å². The summed E-state index contributed by atoms with van der Waals surface area (Å²) in [5.41, 5.74) is 0.446. The summed E-state index contributed by atoms with van der Waals surface area (Å²) in [5.74, 6) is -0.567. The zero-order chi connectivity index (χ0) is 17.8. The molecule has 0 radical (unpaired) electrons. The molecule has 10 heteroatoms. The van der Waals surface area contributed by atoms with Gasteiger partial charge in [-0.15, -0.1) is 0 Å². The number of aryl methyl sites for hydroxylation is 1. The van der Waals surface area contributed by atoms with Crippen molar-refractivity contribution >= 4 is 29.7 Å². The van der Waals surface area contributed by atoms with E-state index in [1.165, 1.54) is 12.1 Å². The van der Waals surface area contributed by atoms with Gasteiger partial charge in [-0.1, -0.05) is 6.07 Å². The molecule has 0 aromatic heterocycles. The van der Waals surface area contributed by atoms with E-state index in [4.69, 9.17) is 0 Å². The maximum absolute atomic E-state index is 12.7. The van der Waals surface area contributed by atoms with Crippen molar-refractivity contribution < 1.29 is 25.3 Å². The summed E-state index contributed by atoms with van der Waals surface area (Å²) in [6.07, 6.45) is 1.59.